The van der Waals surface area contributed by atoms with Gasteiger partial charge in [0.05, 0.1) is 25.7 Å². The SMILES string of the molecule is COc1ccc(OCCN2CC(C(=O)NCC3CCCO3)CC2=O)cc1. The van der Waals surface area contributed by atoms with Gasteiger partial charge in [0.15, 0.2) is 0 Å². The van der Waals surface area contributed by atoms with Crippen LogP contribution in [0, 0.1) is 5.92 Å². The van der Waals surface area contributed by atoms with Crippen LogP contribution in [0.1, 0.15) is 19.3 Å². The van der Waals surface area contributed by atoms with E-state index in [4.69, 9.17) is 14.2 Å². The molecule has 0 bridgehead atoms. The summed E-state index contributed by atoms with van der Waals surface area (Å²) in [5.74, 6) is 1.14. The number of hydrogen-bond donors (Lipinski definition) is 1. The zero-order chi connectivity index (χ0) is 18.4. The second-order valence-electron chi connectivity index (χ2n) is 6.64. The van der Waals surface area contributed by atoms with E-state index in [1.165, 1.54) is 0 Å². The summed E-state index contributed by atoms with van der Waals surface area (Å²) < 4.78 is 16.3. The van der Waals surface area contributed by atoms with Crippen LogP contribution in [0.2, 0.25) is 0 Å². The van der Waals surface area contributed by atoms with Crippen molar-refractivity contribution < 1.29 is 23.8 Å². The molecule has 7 heteroatoms. The minimum Gasteiger partial charge on any atom is -0.497 e. The average Bonchev–Trinajstić information content (AvgIpc) is 3.30. The number of methoxy groups -OCH3 is 1. The van der Waals surface area contributed by atoms with E-state index >= 15 is 0 Å². The topological polar surface area (TPSA) is 77.1 Å². The van der Waals surface area contributed by atoms with Crippen molar-refractivity contribution in [2.75, 3.05) is 40.0 Å². The molecule has 2 aliphatic rings. The predicted molar refractivity (Wildman–Crippen MR) is 95.2 cm³/mol. The van der Waals surface area contributed by atoms with Crippen LogP contribution in [0.15, 0.2) is 24.3 Å². The quantitative estimate of drug-likeness (QED) is 0.752. The Hall–Kier alpha value is -2.28. The molecule has 0 aromatic heterocycles. The molecule has 2 atom stereocenters. The van der Waals surface area contributed by atoms with Crippen LogP contribution in [0.5, 0.6) is 11.5 Å². The smallest absolute Gasteiger partial charge is 0.225 e. The summed E-state index contributed by atoms with van der Waals surface area (Å²) in [6.07, 6.45) is 2.41. The summed E-state index contributed by atoms with van der Waals surface area (Å²) in [7, 11) is 1.61. The van der Waals surface area contributed by atoms with Gasteiger partial charge >= 0.3 is 0 Å². The molecule has 7 nitrogen and oxygen atoms in total. The summed E-state index contributed by atoms with van der Waals surface area (Å²) in [4.78, 5) is 26.1. The molecule has 2 fully saturated rings. The highest BCUT2D eigenvalue weighted by molar-refractivity contribution is 5.89. The Morgan fingerprint density at radius 1 is 1.31 bits per heavy atom. The van der Waals surface area contributed by atoms with Gasteiger partial charge < -0.3 is 24.4 Å². The van der Waals surface area contributed by atoms with E-state index < -0.39 is 0 Å². The Morgan fingerprint density at radius 2 is 2.08 bits per heavy atom. The van der Waals surface area contributed by atoms with Gasteiger partial charge in [-0.1, -0.05) is 0 Å². The molecule has 0 aliphatic carbocycles. The van der Waals surface area contributed by atoms with Crippen molar-refractivity contribution in [3.63, 3.8) is 0 Å². The van der Waals surface area contributed by atoms with Gasteiger partial charge in [0.1, 0.15) is 18.1 Å². The molecular formula is C19H26N2O5. The van der Waals surface area contributed by atoms with Crippen LogP contribution in [0.3, 0.4) is 0 Å². The van der Waals surface area contributed by atoms with Crippen molar-refractivity contribution in [2.24, 2.45) is 5.92 Å². The minimum absolute atomic E-state index is 0.000553. The molecule has 2 saturated heterocycles. The third-order valence-electron chi connectivity index (χ3n) is 4.80. The van der Waals surface area contributed by atoms with Crippen molar-refractivity contribution in [3.05, 3.63) is 24.3 Å². The Bertz CT molecular complexity index is 613. The maximum atomic E-state index is 12.3. The van der Waals surface area contributed by atoms with Gasteiger partial charge in [0.2, 0.25) is 11.8 Å². The molecule has 0 radical (unpaired) electrons. The molecule has 0 spiro atoms. The van der Waals surface area contributed by atoms with Crippen LogP contribution in [-0.4, -0.2) is 62.8 Å². The second kappa shape index (κ2) is 8.89. The fourth-order valence-corrected chi connectivity index (χ4v) is 3.27. The fourth-order valence-electron chi connectivity index (χ4n) is 3.27. The van der Waals surface area contributed by atoms with E-state index in [9.17, 15) is 9.59 Å². The van der Waals surface area contributed by atoms with E-state index in [1.54, 1.807) is 12.0 Å². The molecule has 1 N–H and O–H groups in total. The van der Waals surface area contributed by atoms with Gasteiger partial charge in [0, 0.05) is 26.1 Å². The summed E-state index contributed by atoms with van der Waals surface area (Å²) in [6.45, 7) is 2.61. The predicted octanol–water partition coefficient (Wildman–Crippen LogP) is 1.22. The van der Waals surface area contributed by atoms with Crippen molar-refractivity contribution in [2.45, 2.75) is 25.4 Å². The van der Waals surface area contributed by atoms with Gasteiger partial charge in [-0.3, -0.25) is 9.59 Å². The number of carbonyl (C=O) groups excluding carboxylic acids is 2. The lowest BCUT2D eigenvalue weighted by Crippen LogP contribution is -2.37. The number of hydrogen-bond acceptors (Lipinski definition) is 5. The van der Waals surface area contributed by atoms with Crippen LogP contribution in [0.25, 0.3) is 0 Å². The first-order chi connectivity index (χ1) is 12.7. The lowest BCUT2D eigenvalue weighted by atomic mass is 10.1. The van der Waals surface area contributed by atoms with Gasteiger partial charge in [-0.25, -0.2) is 0 Å². The lowest BCUT2D eigenvalue weighted by Gasteiger charge is -2.17. The van der Waals surface area contributed by atoms with Crippen molar-refractivity contribution >= 4 is 11.8 Å². The largest absolute Gasteiger partial charge is 0.497 e. The lowest BCUT2D eigenvalue weighted by molar-refractivity contribution is -0.129. The number of benzene rings is 1. The van der Waals surface area contributed by atoms with Crippen LogP contribution < -0.4 is 14.8 Å². The van der Waals surface area contributed by atoms with Gasteiger partial charge in [0.25, 0.3) is 0 Å². The van der Waals surface area contributed by atoms with E-state index in [-0.39, 0.29) is 30.3 Å². The molecule has 1 aromatic carbocycles. The van der Waals surface area contributed by atoms with Crippen molar-refractivity contribution in [1.82, 2.24) is 10.2 Å². The summed E-state index contributed by atoms with van der Waals surface area (Å²) in [5.41, 5.74) is 0. The van der Waals surface area contributed by atoms with Gasteiger partial charge in [-0.15, -0.1) is 0 Å². The molecule has 2 heterocycles. The van der Waals surface area contributed by atoms with E-state index in [2.05, 4.69) is 5.32 Å². The molecule has 26 heavy (non-hydrogen) atoms. The summed E-state index contributed by atoms with van der Waals surface area (Å²) in [5, 5.41) is 2.91. The monoisotopic (exact) mass is 362 g/mol. The minimum atomic E-state index is -0.287. The fraction of sp³-hybridized carbons (Fsp3) is 0.579. The Morgan fingerprint density at radius 3 is 2.77 bits per heavy atom. The van der Waals surface area contributed by atoms with E-state index in [0.29, 0.717) is 26.2 Å². The van der Waals surface area contributed by atoms with Crippen LogP contribution >= 0.6 is 0 Å². The molecule has 3 rings (SSSR count). The number of amides is 2. The number of nitrogens with zero attached hydrogens (tertiary/aromatic N) is 1. The maximum Gasteiger partial charge on any atom is 0.225 e. The van der Waals surface area contributed by atoms with Crippen molar-refractivity contribution in [3.8, 4) is 11.5 Å². The first kappa shape index (κ1) is 18.5. The molecule has 142 valence electrons. The number of carbonyl (C=O) groups is 2. The molecule has 2 aliphatic heterocycles. The molecule has 1 aromatic rings. The van der Waals surface area contributed by atoms with Crippen LogP contribution in [0.4, 0.5) is 0 Å². The van der Waals surface area contributed by atoms with E-state index in [1.807, 2.05) is 24.3 Å². The zero-order valence-corrected chi connectivity index (χ0v) is 15.1. The molecule has 2 unspecified atom stereocenters. The van der Waals surface area contributed by atoms with E-state index in [0.717, 1.165) is 30.9 Å². The first-order valence-electron chi connectivity index (χ1n) is 9.09. The Kier molecular flexibility index (Phi) is 6.33. The Balaban J connectivity index is 1.38. The second-order valence-corrected chi connectivity index (χ2v) is 6.64. The number of likely N-dealkylation sites (tertiary alicyclic amines) is 1. The maximum absolute atomic E-state index is 12.3. The average molecular weight is 362 g/mol. The highest BCUT2D eigenvalue weighted by atomic mass is 16.5. The van der Waals surface area contributed by atoms with Crippen LogP contribution in [-0.2, 0) is 14.3 Å². The van der Waals surface area contributed by atoms with Gasteiger partial charge in [-0.2, -0.15) is 0 Å². The summed E-state index contributed by atoms with van der Waals surface area (Å²) >= 11 is 0. The molecule has 2 amide bonds. The molecule has 0 saturated carbocycles. The number of rotatable bonds is 8. The highest BCUT2D eigenvalue weighted by Crippen LogP contribution is 2.20. The first-order valence-corrected chi connectivity index (χ1v) is 9.09. The number of nitrogens with one attached hydrogen (secondary N) is 1. The Labute approximate surface area is 153 Å². The van der Waals surface area contributed by atoms with Crippen molar-refractivity contribution in [1.29, 1.82) is 0 Å². The number of ether oxygens (including phenoxy) is 3. The highest BCUT2D eigenvalue weighted by Gasteiger charge is 2.34. The molecular weight excluding hydrogens is 336 g/mol. The van der Waals surface area contributed by atoms with Gasteiger partial charge in [-0.05, 0) is 37.1 Å². The zero-order valence-electron chi connectivity index (χ0n) is 15.1. The summed E-state index contributed by atoms with van der Waals surface area (Å²) in [6, 6.07) is 7.30. The standard InChI is InChI=1S/C19H26N2O5/c1-24-15-4-6-16(7-5-15)26-10-8-21-13-14(11-18(21)22)19(23)20-12-17-3-2-9-25-17/h4-7,14,17H,2-3,8-13H2,1H3,(H,20,23). The normalized spacial score (nSPS) is 22.5. The third-order valence-corrected chi connectivity index (χ3v) is 4.80. The third kappa shape index (κ3) is 4.88.